The standard InChI is InChI=1S/C18H21N3O4/c22-17-11-25-18(13-21(17)16-2-1-4-19-8-16)12-20(5-7-24-14-18)9-15-3-6-23-10-15/h1-4,6,8,10H,5,7,9,11-14H2/t18-/m1/s1. The number of aromatic nitrogens is 1. The van der Waals surface area contributed by atoms with Crippen molar-refractivity contribution in [3.05, 3.63) is 48.7 Å². The van der Waals surface area contributed by atoms with Crippen molar-refractivity contribution in [2.45, 2.75) is 12.1 Å². The lowest BCUT2D eigenvalue weighted by Gasteiger charge is -2.42. The Balaban J connectivity index is 1.53. The van der Waals surface area contributed by atoms with Crippen molar-refractivity contribution in [2.75, 3.05) is 44.4 Å². The summed E-state index contributed by atoms with van der Waals surface area (Å²) >= 11 is 0. The maximum absolute atomic E-state index is 12.4. The predicted octanol–water partition coefficient (Wildman–Crippen LogP) is 1.31. The number of carbonyl (C=O) groups is 1. The Morgan fingerprint density at radius 3 is 3.04 bits per heavy atom. The molecule has 0 aromatic carbocycles. The van der Waals surface area contributed by atoms with Gasteiger partial charge in [0.15, 0.2) is 0 Å². The first-order valence-electron chi connectivity index (χ1n) is 8.40. The van der Waals surface area contributed by atoms with Gasteiger partial charge in [-0.25, -0.2) is 0 Å². The number of pyridine rings is 1. The summed E-state index contributed by atoms with van der Waals surface area (Å²) in [5.74, 6) is -0.0516. The van der Waals surface area contributed by atoms with Crippen molar-refractivity contribution in [1.82, 2.24) is 9.88 Å². The van der Waals surface area contributed by atoms with Gasteiger partial charge in [-0.1, -0.05) is 0 Å². The molecule has 4 rings (SSSR count). The lowest BCUT2D eigenvalue weighted by Crippen LogP contribution is -2.60. The van der Waals surface area contributed by atoms with Gasteiger partial charge >= 0.3 is 0 Å². The van der Waals surface area contributed by atoms with Crippen LogP contribution >= 0.6 is 0 Å². The van der Waals surface area contributed by atoms with Crippen molar-refractivity contribution < 1.29 is 18.7 Å². The van der Waals surface area contributed by atoms with Crippen LogP contribution < -0.4 is 4.90 Å². The van der Waals surface area contributed by atoms with Crippen LogP contribution in [-0.2, 0) is 20.8 Å². The Morgan fingerprint density at radius 2 is 2.24 bits per heavy atom. The highest BCUT2D eigenvalue weighted by Crippen LogP contribution is 2.27. The zero-order chi connectivity index (χ0) is 17.1. The molecular formula is C18H21N3O4. The quantitative estimate of drug-likeness (QED) is 0.837. The van der Waals surface area contributed by atoms with Gasteiger partial charge in [0.25, 0.3) is 5.91 Å². The first-order chi connectivity index (χ1) is 12.2. The van der Waals surface area contributed by atoms with E-state index in [-0.39, 0.29) is 12.5 Å². The summed E-state index contributed by atoms with van der Waals surface area (Å²) < 4.78 is 17.0. The Bertz CT molecular complexity index is 706. The largest absolute Gasteiger partial charge is 0.472 e. The Labute approximate surface area is 146 Å². The number of hydrogen-bond donors (Lipinski definition) is 0. The Morgan fingerprint density at radius 1 is 1.28 bits per heavy atom. The average Bonchev–Trinajstić information content (AvgIpc) is 3.07. The molecule has 2 fully saturated rings. The first-order valence-corrected chi connectivity index (χ1v) is 8.40. The molecule has 1 amide bonds. The maximum atomic E-state index is 12.4. The van der Waals surface area contributed by atoms with E-state index in [1.807, 2.05) is 18.2 Å². The molecule has 0 bridgehead atoms. The summed E-state index contributed by atoms with van der Waals surface area (Å²) in [6.45, 7) is 3.91. The number of carbonyl (C=O) groups excluding carboxylic acids is 1. The molecule has 0 aliphatic carbocycles. The van der Waals surface area contributed by atoms with Crippen molar-refractivity contribution in [3.8, 4) is 0 Å². The molecule has 0 N–H and O–H groups in total. The fourth-order valence-electron chi connectivity index (χ4n) is 3.41. The molecule has 2 aliphatic rings. The Hall–Kier alpha value is -2.22. The number of nitrogens with zero attached hydrogens (tertiary/aromatic N) is 3. The lowest BCUT2D eigenvalue weighted by molar-refractivity contribution is -0.146. The van der Waals surface area contributed by atoms with E-state index >= 15 is 0 Å². The highest BCUT2D eigenvalue weighted by molar-refractivity contribution is 5.95. The van der Waals surface area contributed by atoms with Crippen molar-refractivity contribution >= 4 is 11.6 Å². The van der Waals surface area contributed by atoms with E-state index in [9.17, 15) is 4.79 Å². The molecule has 2 aliphatic heterocycles. The van der Waals surface area contributed by atoms with Crippen LogP contribution in [0.15, 0.2) is 47.5 Å². The third-order valence-corrected chi connectivity index (χ3v) is 4.62. The van der Waals surface area contributed by atoms with E-state index in [0.29, 0.717) is 26.3 Å². The summed E-state index contributed by atoms with van der Waals surface area (Å²) in [5, 5.41) is 0. The van der Waals surface area contributed by atoms with Gasteiger partial charge in [0.05, 0.1) is 44.2 Å². The van der Waals surface area contributed by atoms with E-state index in [4.69, 9.17) is 13.9 Å². The van der Waals surface area contributed by atoms with E-state index in [0.717, 1.165) is 24.3 Å². The zero-order valence-corrected chi connectivity index (χ0v) is 14.0. The molecule has 25 heavy (non-hydrogen) atoms. The van der Waals surface area contributed by atoms with Crippen molar-refractivity contribution in [3.63, 3.8) is 0 Å². The van der Waals surface area contributed by atoms with Crippen LogP contribution in [0.25, 0.3) is 0 Å². The Kier molecular flexibility index (Phi) is 4.52. The smallest absolute Gasteiger partial charge is 0.253 e. The van der Waals surface area contributed by atoms with E-state index in [1.165, 1.54) is 0 Å². The summed E-state index contributed by atoms with van der Waals surface area (Å²) in [6, 6.07) is 5.69. The van der Waals surface area contributed by atoms with Crippen LogP contribution in [0.3, 0.4) is 0 Å². The van der Waals surface area contributed by atoms with Crippen LogP contribution in [-0.4, -0.2) is 60.8 Å². The normalized spacial score (nSPS) is 25.3. The average molecular weight is 343 g/mol. The van der Waals surface area contributed by atoms with E-state index in [2.05, 4.69) is 9.88 Å². The monoisotopic (exact) mass is 343 g/mol. The first kappa shape index (κ1) is 16.3. The number of ether oxygens (including phenoxy) is 2. The SMILES string of the molecule is O=C1CO[C@@]2(COCCN(Cc3ccoc3)C2)CN1c1cccnc1. The summed E-state index contributed by atoms with van der Waals surface area (Å²) in [4.78, 5) is 20.5. The molecule has 1 atom stereocenters. The number of anilines is 1. The number of morpholine rings is 1. The minimum absolute atomic E-state index is 0.0516. The van der Waals surface area contributed by atoms with E-state index in [1.54, 1.807) is 29.8 Å². The molecule has 0 saturated carbocycles. The molecule has 2 saturated heterocycles. The lowest BCUT2D eigenvalue weighted by atomic mass is 10.0. The minimum atomic E-state index is -0.538. The number of furan rings is 1. The second-order valence-corrected chi connectivity index (χ2v) is 6.56. The molecule has 0 radical (unpaired) electrons. The van der Waals surface area contributed by atoms with Gasteiger partial charge < -0.3 is 18.8 Å². The zero-order valence-electron chi connectivity index (χ0n) is 14.0. The van der Waals surface area contributed by atoms with Crippen LogP contribution in [0.5, 0.6) is 0 Å². The summed E-state index contributed by atoms with van der Waals surface area (Å²) in [7, 11) is 0. The van der Waals surface area contributed by atoms with Gasteiger partial charge in [-0.05, 0) is 18.2 Å². The molecule has 132 valence electrons. The number of amides is 1. The molecule has 2 aromatic rings. The second kappa shape index (κ2) is 6.95. The molecule has 4 heterocycles. The molecular weight excluding hydrogens is 322 g/mol. The van der Waals surface area contributed by atoms with Gasteiger partial charge in [-0.2, -0.15) is 0 Å². The summed E-state index contributed by atoms with van der Waals surface area (Å²) in [5.41, 5.74) is 1.37. The fraction of sp³-hybridized carbons (Fsp3) is 0.444. The van der Waals surface area contributed by atoms with Gasteiger partial charge in [0.1, 0.15) is 12.2 Å². The molecule has 0 unspecified atom stereocenters. The molecule has 7 heteroatoms. The number of hydrogen-bond acceptors (Lipinski definition) is 6. The molecule has 1 spiro atoms. The number of rotatable bonds is 3. The molecule has 7 nitrogen and oxygen atoms in total. The second-order valence-electron chi connectivity index (χ2n) is 6.56. The van der Waals surface area contributed by atoms with E-state index < -0.39 is 5.60 Å². The highest BCUT2D eigenvalue weighted by atomic mass is 16.6. The third-order valence-electron chi connectivity index (χ3n) is 4.62. The molecule has 2 aromatic heterocycles. The van der Waals surface area contributed by atoms with Crippen molar-refractivity contribution in [2.24, 2.45) is 0 Å². The maximum Gasteiger partial charge on any atom is 0.253 e. The van der Waals surface area contributed by atoms with Gasteiger partial charge in [0, 0.05) is 31.4 Å². The van der Waals surface area contributed by atoms with Crippen LogP contribution in [0.2, 0.25) is 0 Å². The van der Waals surface area contributed by atoms with Crippen LogP contribution in [0, 0.1) is 0 Å². The van der Waals surface area contributed by atoms with Gasteiger partial charge in [-0.3, -0.25) is 14.7 Å². The van der Waals surface area contributed by atoms with Crippen molar-refractivity contribution in [1.29, 1.82) is 0 Å². The predicted molar refractivity (Wildman–Crippen MR) is 90.1 cm³/mol. The highest BCUT2D eigenvalue weighted by Gasteiger charge is 2.43. The fourth-order valence-corrected chi connectivity index (χ4v) is 3.41. The third kappa shape index (κ3) is 3.58. The summed E-state index contributed by atoms with van der Waals surface area (Å²) in [6.07, 6.45) is 6.84. The topological polar surface area (TPSA) is 68.0 Å². The van der Waals surface area contributed by atoms with Gasteiger partial charge in [-0.15, -0.1) is 0 Å². The van der Waals surface area contributed by atoms with Crippen LogP contribution in [0.4, 0.5) is 5.69 Å². The minimum Gasteiger partial charge on any atom is -0.472 e. The van der Waals surface area contributed by atoms with Crippen LogP contribution in [0.1, 0.15) is 5.56 Å². The van der Waals surface area contributed by atoms with Gasteiger partial charge in [0.2, 0.25) is 0 Å².